The second kappa shape index (κ2) is 7.30. The first kappa shape index (κ1) is 14.9. The molecule has 1 aromatic carbocycles. The van der Waals surface area contributed by atoms with E-state index in [1.54, 1.807) is 0 Å². The molecule has 0 heterocycles. The standard InChI is InChI=1S/C16H26O2/c1-4-7-10-14-12(8-5-2)11-13(9-6-3)15(17)16(14)18/h11,17-18H,4-10H2,1-3H3. The first-order valence-corrected chi connectivity index (χ1v) is 7.21. The predicted octanol–water partition coefficient (Wildman–Crippen LogP) is 4.35. The van der Waals surface area contributed by atoms with E-state index in [0.29, 0.717) is 0 Å². The van der Waals surface area contributed by atoms with Gasteiger partial charge in [-0.05, 0) is 36.8 Å². The molecule has 0 fully saturated rings. The molecule has 0 aliphatic heterocycles. The van der Waals surface area contributed by atoms with Gasteiger partial charge < -0.3 is 10.2 Å². The number of unbranched alkanes of at least 4 members (excludes halogenated alkanes) is 1. The molecule has 102 valence electrons. The van der Waals surface area contributed by atoms with E-state index in [4.69, 9.17) is 0 Å². The molecule has 2 N–H and O–H groups in total. The third kappa shape index (κ3) is 3.41. The first-order valence-electron chi connectivity index (χ1n) is 7.21. The summed E-state index contributed by atoms with van der Waals surface area (Å²) in [5.74, 6) is 0.223. The SMILES string of the molecule is CCCCc1c(CCC)cc(CCC)c(O)c1O. The fourth-order valence-corrected chi connectivity index (χ4v) is 2.40. The lowest BCUT2D eigenvalue weighted by Gasteiger charge is -2.15. The summed E-state index contributed by atoms with van der Waals surface area (Å²) in [6, 6.07) is 2.09. The van der Waals surface area contributed by atoms with Crippen molar-refractivity contribution in [1.29, 1.82) is 0 Å². The number of phenols is 2. The van der Waals surface area contributed by atoms with Crippen LogP contribution in [0.1, 0.15) is 63.1 Å². The van der Waals surface area contributed by atoms with Crippen LogP contribution in [0, 0.1) is 0 Å². The molecule has 0 aliphatic carbocycles. The van der Waals surface area contributed by atoms with Crippen molar-refractivity contribution in [2.24, 2.45) is 0 Å². The largest absolute Gasteiger partial charge is 0.504 e. The Labute approximate surface area is 111 Å². The first-order chi connectivity index (χ1) is 8.65. The molecule has 0 spiro atoms. The van der Waals surface area contributed by atoms with Crippen LogP contribution in [0.3, 0.4) is 0 Å². The zero-order chi connectivity index (χ0) is 13.5. The van der Waals surface area contributed by atoms with Gasteiger partial charge in [0, 0.05) is 5.56 Å². The van der Waals surface area contributed by atoms with Crippen molar-refractivity contribution in [2.45, 2.75) is 65.7 Å². The van der Waals surface area contributed by atoms with E-state index in [0.717, 1.165) is 56.1 Å². The number of aryl methyl sites for hydroxylation is 2. The van der Waals surface area contributed by atoms with Gasteiger partial charge in [0.05, 0.1) is 0 Å². The molecule has 0 saturated carbocycles. The molecule has 0 atom stereocenters. The van der Waals surface area contributed by atoms with Gasteiger partial charge in [-0.15, -0.1) is 0 Å². The fourth-order valence-electron chi connectivity index (χ4n) is 2.40. The van der Waals surface area contributed by atoms with Gasteiger partial charge >= 0.3 is 0 Å². The van der Waals surface area contributed by atoms with Crippen LogP contribution < -0.4 is 0 Å². The van der Waals surface area contributed by atoms with E-state index in [2.05, 4.69) is 26.8 Å². The summed E-state index contributed by atoms with van der Waals surface area (Å²) >= 11 is 0. The minimum Gasteiger partial charge on any atom is -0.504 e. The molecule has 0 aromatic heterocycles. The van der Waals surface area contributed by atoms with Crippen LogP contribution >= 0.6 is 0 Å². The molecule has 2 nitrogen and oxygen atoms in total. The summed E-state index contributed by atoms with van der Waals surface area (Å²) in [6.07, 6.45) is 6.85. The van der Waals surface area contributed by atoms with Crippen molar-refractivity contribution >= 4 is 0 Å². The third-order valence-corrected chi connectivity index (χ3v) is 3.37. The summed E-state index contributed by atoms with van der Waals surface area (Å²) in [6.45, 7) is 6.37. The fraction of sp³-hybridized carbons (Fsp3) is 0.625. The summed E-state index contributed by atoms with van der Waals surface area (Å²) in [7, 11) is 0. The predicted molar refractivity (Wildman–Crippen MR) is 76.4 cm³/mol. The monoisotopic (exact) mass is 250 g/mol. The molecular formula is C16H26O2. The summed E-state index contributed by atoms with van der Waals surface area (Å²) in [4.78, 5) is 0. The molecule has 1 aromatic rings. The highest BCUT2D eigenvalue weighted by molar-refractivity contribution is 5.54. The molecule has 1 rings (SSSR count). The van der Waals surface area contributed by atoms with Gasteiger partial charge in [-0.25, -0.2) is 0 Å². The number of benzene rings is 1. The van der Waals surface area contributed by atoms with Crippen LogP contribution in [0.5, 0.6) is 11.5 Å². The minimum absolute atomic E-state index is 0.0998. The zero-order valence-corrected chi connectivity index (χ0v) is 11.9. The van der Waals surface area contributed by atoms with Crippen LogP contribution in [0.4, 0.5) is 0 Å². The van der Waals surface area contributed by atoms with Gasteiger partial charge in [-0.1, -0.05) is 46.1 Å². The van der Waals surface area contributed by atoms with Crippen LogP contribution in [0.25, 0.3) is 0 Å². The maximum atomic E-state index is 10.2. The average Bonchev–Trinajstić information content (AvgIpc) is 2.36. The van der Waals surface area contributed by atoms with E-state index in [1.165, 1.54) is 5.56 Å². The molecule has 0 bridgehead atoms. The maximum Gasteiger partial charge on any atom is 0.161 e. The summed E-state index contributed by atoms with van der Waals surface area (Å²) in [5.41, 5.74) is 3.06. The molecule has 0 saturated heterocycles. The Hall–Kier alpha value is -1.18. The third-order valence-electron chi connectivity index (χ3n) is 3.37. The van der Waals surface area contributed by atoms with Crippen LogP contribution in [0.15, 0.2) is 6.07 Å². The maximum absolute atomic E-state index is 10.2. The molecule has 2 heteroatoms. The Bertz CT molecular complexity index is 383. The van der Waals surface area contributed by atoms with E-state index < -0.39 is 0 Å². The van der Waals surface area contributed by atoms with Gasteiger partial charge in [0.1, 0.15) is 0 Å². The van der Waals surface area contributed by atoms with E-state index in [1.807, 2.05) is 0 Å². The smallest absolute Gasteiger partial charge is 0.161 e. The number of hydrogen-bond donors (Lipinski definition) is 2. The molecule has 0 aliphatic rings. The Morgan fingerprint density at radius 1 is 0.778 bits per heavy atom. The lowest BCUT2D eigenvalue weighted by atomic mass is 9.93. The van der Waals surface area contributed by atoms with E-state index >= 15 is 0 Å². The second-order valence-corrected chi connectivity index (χ2v) is 4.97. The topological polar surface area (TPSA) is 40.5 Å². The molecular weight excluding hydrogens is 224 g/mol. The number of aromatic hydroxyl groups is 2. The molecule has 0 unspecified atom stereocenters. The number of rotatable bonds is 7. The Morgan fingerprint density at radius 2 is 1.39 bits per heavy atom. The van der Waals surface area contributed by atoms with E-state index in [9.17, 15) is 10.2 Å². The average molecular weight is 250 g/mol. The van der Waals surface area contributed by atoms with Gasteiger partial charge in [-0.3, -0.25) is 0 Å². The van der Waals surface area contributed by atoms with Gasteiger partial charge in [0.15, 0.2) is 11.5 Å². The summed E-state index contributed by atoms with van der Waals surface area (Å²) < 4.78 is 0. The zero-order valence-electron chi connectivity index (χ0n) is 11.9. The highest BCUT2D eigenvalue weighted by atomic mass is 16.3. The van der Waals surface area contributed by atoms with Gasteiger partial charge in [-0.2, -0.15) is 0 Å². The summed E-state index contributed by atoms with van der Waals surface area (Å²) in [5, 5.41) is 20.2. The second-order valence-electron chi connectivity index (χ2n) is 4.97. The highest BCUT2D eigenvalue weighted by Crippen LogP contribution is 2.37. The lowest BCUT2D eigenvalue weighted by Crippen LogP contribution is -1.99. The van der Waals surface area contributed by atoms with Crippen molar-refractivity contribution in [2.75, 3.05) is 0 Å². The van der Waals surface area contributed by atoms with E-state index in [-0.39, 0.29) is 11.5 Å². The van der Waals surface area contributed by atoms with Crippen molar-refractivity contribution in [3.05, 3.63) is 22.8 Å². The molecule has 0 amide bonds. The van der Waals surface area contributed by atoms with Crippen molar-refractivity contribution < 1.29 is 10.2 Å². The van der Waals surface area contributed by atoms with Gasteiger partial charge in [0.25, 0.3) is 0 Å². The lowest BCUT2D eigenvalue weighted by molar-refractivity contribution is 0.393. The Kier molecular flexibility index (Phi) is 6.03. The van der Waals surface area contributed by atoms with Crippen LogP contribution in [-0.2, 0) is 19.3 Å². The Balaban J connectivity index is 3.16. The van der Waals surface area contributed by atoms with Crippen molar-refractivity contribution in [1.82, 2.24) is 0 Å². The molecule has 0 radical (unpaired) electrons. The number of phenolic OH excluding ortho intramolecular Hbond substituents is 2. The Morgan fingerprint density at radius 3 is 1.94 bits per heavy atom. The van der Waals surface area contributed by atoms with Crippen molar-refractivity contribution in [3.63, 3.8) is 0 Å². The molecule has 18 heavy (non-hydrogen) atoms. The van der Waals surface area contributed by atoms with Gasteiger partial charge in [0.2, 0.25) is 0 Å². The minimum atomic E-state index is 0.0998. The van der Waals surface area contributed by atoms with Crippen molar-refractivity contribution in [3.8, 4) is 11.5 Å². The normalized spacial score (nSPS) is 10.8. The highest BCUT2D eigenvalue weighted by Gasteiger charge is 2.15. The number of hydrogen-bond acceptors (Lipinski definition) is 2. The quantitative estimate of drug-likeness (QED) is 0.706. The van der Waals surface area contributed by atoms with Crippen LogP contribution in [0.2, 0.25) is 0 Å². The van der Waals surface area contributed by atoms with Crippen LogP contribution in [-0.4, -0.2) is 10.2 Å².